The zero-order chi connectivity index (χ0) is 23.2. The molecule has 0 aliphatic carbocycles. The molecule has 1 aliphatic rings. The maximum Gasteiger partial charge on any atom is 0.120 e. The van der Waals surface area contributed by atoms with Crippen LogP contribution in [0, 0.1) is 0 Å². The molecular formula is C31H31NO2. The second kappa shape index (κ2) is 10.6. The lowest BCUT2D eigenvalue weighted by Crippen LogP contribution is -2.33. The molecule has 1 atom stereocenters. The lowest BCUT2D eigenvalue weighted by atomic mass is 9.89. The van der Waals surface area contributed by atoms with Gasteiger partial charge in [-0.15, -0.1) is 0 Å². The van der Waals surface area contributed by atoms with E-state index in [1.165, 1.54) is 27.8 Å². The Balaban J connectivity index is 1.23. The van der Waals surface area contributed by atoms with E-state index >= 15 is 0 Å². The third-order valence-corrected chi connectivity index (χ3v) is 6.59. The molecule has 0 fully saturated rings. The summed E-state index contributed by atoms with van der Waals surface area (Å²) in [5.41, 5.74) is 6.50. The van der Waals surface area contributed by atoms with Crippen molar-refractivity contribution >= 4 is 0 Å². The van der Waals surface area contributed by atoms with Gasteiger partial charge in [0.05, 0.1) is 0 Å². The molecular weight excluding hydrogens is 418 g/mol. The minimum Gasteiger partial charge on any atom is -0.489 e. The van der Waals surface area contributed by atoms with Gasteiger partial charge in [0.2, 0.25) is 0 Å². The number of fused-ring (bicyclic) bond motifs is 1. The molecule has 0 N–H and O–H groups in total. The second-order valence-corrected chi connectivity index (χ2v) is 9.00. The van der Waals surface area contributed by atoms with Crippen LogP contribution < -0.4 is 9.47 Å². The molecule has 0 bridgehead atoms. The normalized spacial score (nSPS) is 15.5. The number of ether oxygens (including phenoxy) is 2. The highest BCUT2D eigenvalue weighted by atomic mass is 16.5. The van der Waals surface area contributed by atoms with Crippen LogP contribution in [0.15, 0.2) is 103 Å². The highest BCUT2D eigenvalue weighted by molar-refractivity contribution is 5.40. The SMILES string of the molecule is CN1CCc2cc(OCc3ccccc3)ccc2C1Cc1ccc(OCc2ccccc2)cc1. The fourth-order valence-corrected chi connectivity index (χ4v) is 4.60. The molecule has 1 unspecified atom stereocenters. The van der Waals surface area contributed by atoms with E-state index in [1.807, 2.05) is 36.4 Å². The van der Waals surface area contributed by atoms with Gasteiger partial charge in [-0.25, -0.2) is 0 Å². The summed E-state index contributed by atoms with van der Waals surface area (Å²) in [4.78, 5) is 2.46. The molecule has 0 amide bonds. The third kappa shape index (κ3) is 5.49. The van der Waals surface area contributed by atoms with Crippen molar-refractivity contribution in [3.05, 3.63) is 131 Å². The molecule has 4 aromatic rings. The highest BCUT2D eigenvalue weighted by Crippen LogP contribution is 2.34. The van der Waals surface area contributed by atoms with Crippen molar-refractivity contribution < 1.29 is 9.47 Å². The molecule has 0 saturated heterocycles. The van der Waals surface area contributed by atoms with Crippen LogP contribution in [0.3, 0.4) is 0 Å². The predicted octanol–water partition coefficient (Wildman–Crippen LogP) is 6.62. The van der Waals surface area contributed by atoms with E-state index in [1.54, 1.807) is 0 Å². The Kier molecular flexibility index (Phi) is 6.92. The molecule has 1 aliphatic heterocycles. The minimum absolute atomic E-state index is 0.364. The quantitative estimate of drug-likeness (QED) is 0.302. The Bertz CT molecular complexity index is 1190. The van der Waals surface area contributed by atoms with Crippen LogP contribution in [0.2, 0.25) is 0 Å². The summed E-state index contributed by atoms with van der Waals surface area (Å²) in [5, 5.41) is 0. The van der Waals surface area contributed by atoms with Gasteiger partial charge in [-0.1, -0.05) is 78.9 Å². The molecule has 3 nitrogen and oxygen atoms in total. The van der Waals surface area contributed by atoms with Crippen LogP contribution in [-0.2, 0) is 26.1 Å². The monoisotopic (exact) mass is 449 g/mol. The van der Waals surface area contributed by atoms with Crippen LogP contribution in [-0.4, -0.2) is 18.5 Å². The molecule has 5 rings (SSSR count). The first-order valence-electron chi connectivity index (χ1n) is 12.0. The predicted molar refractivity (Wildman–Crippen MR) is 137 cm³/mol. The van der Waals surface area contributed by atoms with Gasteiger partial charge in [0.1, 0.15) is 24.7 Å². The summed E-state index contributed by atoms with van der Waals surface area (Å²) in [6.45, 7) is 2.24. The van der Waals surface area contributed by atoms with Crippen molar-refractivity contribution in [3.63, 3.8) is 0 Å². The highest BCUT2D eigenvalue weighted by Gasteiger charge is 2.25. The van der Waals surface area contributed by atoms with E-state index in [-0.39, 0.29) is 0 Å². The Labute approximate surface area is 202 Å². The van der Waals surface area contributed by atoms with E-state index in [9.17, 15) is 0 Å². The first-order valence-corrected chi connectivity index (χ1v) is 12.0. The van der Waals surface area contributed by atoms with Crippen molar-refractivity contribution in [2.45, 2.75) is 32.1 Å². The van der Waals surface area contributed by atoms with Gasteiger partial charge in [-0.2, -0.15) is 0 Å². The Hall–Kier alpha value is -3.56. The van der Waals surface area contributed by atoms with E-state index in [0.717, 1.165) is 30.9 Å². The van der Waals surface area contributed by atoms with Gasteiger partial charge in [-0.05, 0) is 72.0 Å². The van der Waals surface area contributed by atoms with E-state index in [0.29, 0.717) is 19.3 Å². The van der Waals surface area contributed by atoms with Crippen molar-refractivity contribution in [3.8, 4) is 11.5 Å². The Morgan fingerprint density at radius 2 is 1.26 bits per heavy atom. The van der Waals surface area contributed by atoms with Crippen LogP contribution in [0.1, 0.15) is 33.9 Å². The number of hydrogen-bond acceptors (Lipinski definition) is 3. The van der Waals surface area contributed by atoms with Crippen LogP contribution >= 0.6 is 0 Å². The first-order chi connectivity index (χ1) is 16.7. The largest absolute Gasteiger partial charge is 0.489 e. The van der Waals surface area contributed by atoms with Crippen molar-refractivity contribution in [1.29, 1.82) is 0 Å². The van der Waals surface area contributed by atoms with E-state index in [2.05, 4.69) is 78.7 Å². The Morgan fingerprint density at radius 3 is 1.91 bits per heavy atom. The number of hydrogen-bond donors (Lipinski definition) is 0. The zero-order valence-corrected chi connectivity index (χ0v) is 19.7. The summed E-state index contributed by atoms with van der Waals surface area (Å²) in [7, 11) is 2.23. The lowest BCUT2D eigenvalue weighted by molar-refractivity contribution is 0.228. The molecule has 3 heteroatoms. The third-order valence-electron chi connectivity index (χ3n) is 6.59. The van der Waals surface area contributed by atoms with Crippen molar-refractivity contribution in [2.24, 2.45) is 0 Å². The van der Waals surface area contributed by atoms with Crippen molar-refractivity contribution in [2.75, 3.05) is 13.6 Å². The maximum atomic E-state index is 6.08. The number of likely N-dealkylation sites (N-methyl/N-ethyl adjacent to an activating group) is 1. The van der Waals surface area contributed by atoms with Crippen LogP contribution in [0.4, 0.5) is 0 Å². The maximum absolute atomic E-state index is 6.08. The minimum atomic E-state index is 0.364. The summed E-state index contributed by atoms with van der Waals surface area (Å²) in [6.07, 6.45) is 2.03. The molecule has 0 saturated carbocycles. The molecule has 172 valence electrons. The number of rotatable bonds is 8. The van der Waals surface area contributed by atoms with Gasteiger partial charge >= 0.3 is 0 Å². The van der Waals surface area contributed by atoms with Crippen LogP contribution in [0.5, 0.6) is 11.5 Å². The average Bonchev–Trinajstić information content (AvgIpc) is 2.90. The average molecular weight is 450 g/mol. The lowest BCUT2D eigenvalue weighted by Gasteiger charge is -2.35. The number of benzene rings is 4. The zero-order valence-electron chi connectivity index (χ0n) is 19.7. The number of nitrogens with zero attached hydrogens (tertiary/aromatic N) is 1. The van der Waals surface area contributed by atoms with Gasteiger partial charge < -0.3 is 9.47 Å². The van der Waals surface area contributed by atoms with Gasteiger partial charge in [0.15, 0.2) is 0 Å². The molecule has 0 radical (unpaired) electrons. The summed E-state index contributed by atoms with van der Waals surface area (Å²) in [5.74, 6) is 1.86. The molecule has 1 heterocycles. The van der Waals surface area contributed by atoms with Gasteiger partial charge in [0.25, 0.3) is 0 Å². The van der Waals surface area contributed by atoms with E-state index < -0.39 is 0 Å². The fraction of sp³-hybridized carbons (Fsp3) is 0.226. The standard InChI is InChI=1S/C31H31NO2/c1-32-19-18-27-21-29(34-23-26-10-6-3-7-11-26)16-17-30(27)31(32)20-24-12-14-28(15-13-24)33-22-25-8-4-2-5-9-25/h2-17,21,31H,18-20,22-23H2,1H3. The molecule has 34 heavy (non-hydrogen) atoms. The second-order valence-electron chi connectivity index (χ2n) is 9.00. The summed E-state index contributed by atoms with van der Waals surface area (Å²) in [6, 6.07) is 36.1. The van der Waals surface area contributed by atoms with Gasteiger partial charge in [0, 0.05) is 12.6 Å². The smallest absolute Gasteiger partial charge is 0.120 e. The topological polar surface area (TPSA) is 21.7 Å². The molecule has 4 aromatic carbocycles. The van der Waals surface area contributed by atoms with Gasteiger partial charge in [-0.3, -0.25) is 4.90 Å². The summed E-state index contributed by atoms with van der Waals surface area (Å²) < 4.78 is 12.0. The van der Waals surface area contributed by atoms with Crippen LogP contribution in [0.25, 0.3) is 0 Å². The summed E-state index contributed by atoms with van der Waals surface area (Å²) >= 11 is 0. The van der Waals surface area contributed by atoms with Crippen molar-refractivity contribution in [1.82, 2.24) is 4.90 Å². The fourth-order valence-electron chi connectivity index (χ4n) is 4.60. The first kappa shape index (κ1) is 22.2. The Morgan fingerprint density at radius 1 is 0.676 bits per heavy atom. The van der Waals surface area contributed by atoms with E-state index in [4.69, 9.17) is 9.47 Å². The molecule has 0 aromatic heterocycles. The molecule has 0 spiro atoms.